The van der Waals surface area contributed by atoms with Gasteiger partial charge in [-0.1, -0.05) is 24.3 Å². The van der Waals surface area contributed by atoms with Crippen LogP contribution < -0.4 is 16.1 Å². The van der Waals surface area contributed by atoms with E-state index in [1.54, 1.807) is 7.05 Å². The van der Waals surface area contributed by atoms with Gasteiger partial charge >= 0.3 is 5.69 Å². The van der Waals surface area contributed by atoms with Crippen LogP contribution >= 0.6 is 0 Å². The number of nitrogens with zero attached hydrogens (tertiary/aromatic N) is 3. The predicted octanol–water partition coefficient (Wildman–Crippen LogP) is 0.647. The lowest BCUT2D eigenvalue weighted by Gasteiger charge is -2.31. The maximum Gasteiger partial charge on any atom is 0.332 e. The normalized spacial score (nSPS) is 14.2. The molecule has 0 spiro atoms. The molecule has 0 unspecified atom stereocenters. The van der Waals surface area contributed by atoms with E-state index < -0.39 is 0 Å². The molecule has 0 aliphatic carbocycles. The van der Waals surface area contributed by atoms with Crippen molar-refractivity contribution in [3.63, 3.8) is 0 Å². The van der Waals surface area contributed by atoms with Gasteiger partial charge in [-0.3, -0.25) is 13.9 Å². The highest BCUT2D eigenvalue weighted by Gasteiger charge is 2.19. The fraction of sp³-hybridized carbons (Fsp3) is 0.333. The summed E-state index contributed by atoms with van der Waals surface area (Å²) in [6.45, 7) is 1.55. The summed E-state index contributed by atoms with van der Waals surface area (Å²) in [5.74, 6) is 0.688. The maximum absolute atomic E-state index is 12.0. The van der Waals surface area contributed by atoms with Crippen molar-refractivity contribution in [3.05, 3.63) is 62.3 Å². The Bertz CT molecular complexity index is 773. The highest BCUT2D eigenvalue weighted by Crippen LogP contribution is 2.22. The summed E-state index contributed by atoms with van der Waals surface area (Å²) in [5.41, 5.74) is 2.05. The van der Waals surface area contributed by atoms with Crippen LogP contribution in [0.4, 0.5) is 5.82 Å². The van der Waals surface area contributed by atoms with Gasteiger partial charge in [0.25, 0.3) is 5.56 Å². The lowest BCUT2D eigenvalue weighted by atomic mass is 10.00. The van der Waals surface area contributed by atoms with Gasteiger partial charge in [0.15, 0.2) is 0 Å². The van der Waals surface area contributed by atoms with Crippen LogP contribution in [0.3, 0.4) is 0 Å². The van der Waals surface area contributed by atoms with Crippen LogP contribution in [0.5, 0.6) is 0 Å². The van der Waals surface area contributed by atoms with Crippen molar-refractivity contribution in [2.75, 3.05) is 11.4 Å². The minimum Gasteiger partial charge on any atom is -0.353 e. The third kappa shape index (κ3) is 1.95. The van der Waals surface area contributed by atoms with Gasteiger partial charge in [-0.15, -0.1) is 0 Å². The molecule has 1 aromatic heterocycles. The molecule has 1 aliphatic rings. The molecule has 0 saturated heterocycles. The Kier molecular flexibility index (Phi) is 2.97. The molecule has 0 atom stereocenters. The molecule has 104 valence electrons. The van der Waals surface area contributed by atoms with Crippen molar-refractivity contribution < 1.29 is 0 Å². The third-order valence-corrected chi connectivity index (χ3v) is 3.96. The van der Waals surface area contributed by atoms with Crippen molar-refractivity contribution >= 4 is 5.82 Å². The van der Waals surface area contributed by atoms with Crippen molar-refractivity contribution in [2.45, 2.75) is 13.0 Å². The van der Waals surface area contributed by atoms with E-state index in [4.69, 9.17) is 0 Å². The standard InChI is InChI=1S/C15H17N3O2/c1-16-13(9-14(19)17(2)15(16)20)18-8-7-11-5-3-4-6-12(11)10-18/h3-6,9H,7-8,10H2,1-2H3. The molecular weight excluding hydrogens is 254 g/mol. The zero-order chi connectivity index (χ0) is 14.3. The molecule has 5 nitrogen and oxygen atoms in total. The highest BCUT2D eigenvalue weighted by molar-refractivity contribution is 5.44. The number of aromatic nitrogens is 2. The van der Waals surface area contributed by atoms with Crippen LogP contribution in [0.25, 0.3) is 0 Å². The molecule has 20 heavy (non-hydrogen) atoms. The first-order valence-electron chi connectivity index (χ1n) is 6.66. The van der Waals surface area contributed by atoms with Crippen molar-refractivity contribution in [2.24, 2.45) is 14.1 Å². The molecule has 0 radical (unpaired) electrons. The number of benzene rings is 1. The first kappa shape index (κ1) is 12.7. The molecule has 0 bridgehead atoms. The molecule has 2 aromatic rings. The van der Waals surface area contributed by atoms with Gasteiger partial charge < -0.3 is 4.90 Å². The molecule has 0 fully saturated rings. The zero-order valence-corrected chi connectivity index (χ0v) is 11.7. The Labute approximate surface area is 116 Å². The Balaban J connectivity index is 2.04. The molecule has 5 heteroatoms. The van der Waals surface area contributed by atoms with Crippen molar-refractivity contribution in [1.82, 2.24) is 9.13 Å². The zero-order valence-electron chi connectivity index (χ0n) is 11.7. The first-order chi connectivity index (χ1) is 9.58. The lowest BCUT2D eigenvalue weighted by molar-refractivity contribution is 0.639. The highest BCUT2D eigenvalue weighted by atomic mass is 16.2. The van der Waals surface area contributed by atoms with E-state index in [1.807, 2.05) is 12.1 Å². The topological polar surface area (TPSA) is 47.2 Å². The smallest absolute Gasteiger partial charge is 0.332 e. The molecule has 0 amide bonds. The summed E-state index contributed by atoms with van der Waals surface area (Å²) < 4.78 is 2.66. The Hall–Kier alpha value is -2.30. The number of hydrogen-bond donors (Lipinski definition) is 0. The van der Waals surface area contributed by atoms with Crippen LogP contribution in [0.2, 0.25) is 0 Å². The second-order valence-corrected chi connectivity index (χ2v) is 5.18. The van der Waals surface area contributed by atoms with Gasteiger partial charge in [-0.05, 0) is 17.5 Å². The molecule has 0 N–H and O–H groups in total. The monoisotopic (exact) mass is 271 g/mol. The van der Waals surface area contributed by atoms with E-state index in [9.17, 15) is 9.59 Å². The molecule has 1 aliphatic heterocycles. The maximum atomic E-state index is 12.0. The van der Waals surface area contributed by atoms with Crippen LogP contribution in [0, 0.1) is 0 Å². The second kappa shape index (κ2) is 4.67. The second-order valence-electron chi connectivity index (χ2n) is 5.18. The average molecular weight is 271 g/mol. The molecular formula is C15H17N3O2. The Morgan fingerprint density at radius 3 is 2.45 bits per heavy atom. The van der Waals surface area contributed by atoms with E-state index in [0.717, 1.165) is 24.1 Å². The van der Waals surface area contributed by atoms with Crippen LogP contribution in [0.1, 0.15) is 11.1 Å². The summed E-state index contributed by atoms with van der Waals surface area (Å²) in [7, 11) is 3.21. The minimum absolute atomic E-state index is 0.262. The van der Waals surface area contributed by atoms with Gasteiger partial charge in [0.2, 0.25) is 0 Å². The average Bonchev–Trinajstić information content (AvgIpc) is 2.48. The quantitative estimate of drug-likeness (QED) is 0.765. The molecule has 2 heterocycles. The first-order valence-corrected chi connectivity index (χ1v) is 6.66. The SMILES string of the molecule is Cn1c(N2CCc3ccccc3C2)cc(=O)n(C)c1=O. The molecule has 3 rings (SSSR count). The Morgan fingerprint density at radius 2 is 1.70 bits per heavy atom. The Morgan fingerprint density at radius 1 is 1.00 bits per heavy atom. The van der Waals surface area contributed by atoms with E-state index in [2.05, 4.69) is 17.0 Å². The number of anilines is 1. The minimum atomic E-state index is -0.286. The summed E-state index contributed by atoms with van der Waals surface area (Å²) in [6.07, 6.45) is 0.930. The van der Waals surface area contributed by atoms with Crippen molar-refractivity contribution in [3.8, 4) is 0 Å². The number of fused-ring (bicyclic) bond motifs is 1. The van der Waals surface area contributed by atoms with Crippen LogP contribution in [0.15, 0.2) is 39.9 Å². The van der Waals surface area contributed by atoms with Gasteiger partial charge in [-0.2, -0.15) is 0 Å². The van der Waals surface area contributed by atoms with E-state index in [1.165, 1.54) is 28.8 Å². The third-order valence-electron chi connectivity index (χ3n) is 3.96. The fourth-order valence-corrected chi connectivity index (χ4v) is 2.72. The lowest BCUT2D eigenvalue weighted by Crippen LogP contribution is -2.41. The number of hydrogen-bond acceptors (Lipinski definition) is 3. The summed E-state index contributed by atoms with van der Waals surface area (Å²) in [4.78, 5) is 25.9. The van der Waals surface area contributed by atoms with Crippen LogP contribution in [-0.2, 0) is 27.1 Å². The molecule has 1 aromatic carbocycles. The van der Waals surface area contributed by atoms with Gasteiger partial charge in [0, 0.05) is 33.3 Å². The summed E-state index contributed by atoms with van der Waals surface area (Å²) >= 11 is 0. The van der Waals surface area contributed by atoms with E-state index >= 15 is 0 Å². The predicted molar refractivity (Wildman–Crippen MR) is 78.1 cm³/mol. The van der Waals surface area contributed by atoms with Gasteiger partial charge in [-0.25, -0.2) is 4.79 Å². The van der Waals surface area contributed by atoms with Crippen LogP contribution in [-0.4, -0.2) is 15.7 Å². The summed E-state index contributed by atoms with van der Waals surface area (Å²) in [6, 6.07) is 9.83. The van der Waals surface area contributed by atoms with E-state index in [-0.39, 0.29) is 11.2 Å². The van der Waals surface area contributed by atoms with Gasteiger partial charge in [0.05, 0.1) is 0 Å². The van der Waals surface area contributed by atoms with E-state index in [0.29, 0.717) is 5.82 Å². The summed E-state index contributed by atoms with van der Waals surface area (Å²) in [5, 5.41) is 0. The fourth-order valence-electron chi connectivity index (χ4n) is 2.72. The largest absolute Gasteiger partial charge is 0.353 e. The molecule has 0 saturated carbocycles. The van der Waals surface area contributed by atoms with Gasteiger partial charge in [0.1, 0.15) is 5.82 Å². The van der Waals surface area contributed by atoms with Crippen molar-refractivity contribution in [1.29, 1.82) is 0 Å². The number of rotatable bonds is 1.